The average molecular weight is 201 g/mol. The van der Waals surface area contributed by atoms with Crippen LogP contribution in [0.5, 0.6) is 0 Å². The van der Waals surface area contributed by atoms with Crippen molar-refractivity contribution in [1.82, 2.24) is 4.98 Å². The highest BCUT2D eigenvalue weighted by atomic mass is 16.4. The number of rotatable bonds is 2. The Balaban J connectivity index is 2.48. The summed E-state index contributed by atoms with van der Waals surface area (Å²) in [6.45, 7) is 3.85. The zero-order valence-electron chi connectivity index (χ0n) is 8.65. The molecule has 0 saturated carbocycles. The zero-order chi connectivity index (χ0) is 10.8. The lowest BCUT2D eigenvalue weighted by Crippen LogP contribution is -1.79. The topological polar surface area (TPSA) is 43.1 Å². The first-order chi connectivity index (χ1) is 7.20. The maximum absolute atomic E-state index is 10.5. The van der Waals surface area contributed by atoms with E-state index >= 15 is 0 Å². The van der Waals surface area contributed by atoms with E-state index in [-0.39, 0.29) is 5.89 Å². The molecule has 0 amide bonds. The van der Waals surface area contributed by atoms with E-state index in [9.17, 15) is 4.79 Å². The highest BCUT2D eigenvalue weighted by molar-refractivity contribution is 5.70. The van der Waals surface area contributed by atoms with E-state index in [4.69, 9.17) is 4.42 Å². The van der Waals surface area contributed by atoms with E-state index in [2.05, 4.69) is 4.98 Å². The fraction of sp³-hybridized carbons (Fsp3) is 0.167. The average Bonchev–Trinajstić information content (AvgIpc) is 2.61. The van der Waals surface area contributed by atoms with Gasteiger partial charge in [0.05, 0.1) is 5.69 Å². The van der Waals surface area contributed by atoms with Gasteiger partial charge in [0.25, 0.3) is 5.89 Å². The highest BCUT2D eigenvalue weighted by Crippen LogP contribution is 2.24. The van der Waals surface area contributed by atoms with Crippen molar-refractivity contribution < 1.29 is 9.21 Å². The molecule has 1 aromatic carbocycles. The summed E-state index contributed by atoms with van der Waals surface area (Å²) in [5, 5.41) is 0. The molecule has 0 aliphatic rings. The van der Waals surface area contributed by atoms with Crippen molar-refractivity contribution >= 4 is 6.29 Å². The molecule has 1 aromatic heterocycles. The van der Waals surface area contributed by atoms with Crippen LogP contribution in [0.25, 0.3) is 11.3 Å². The number of aromatic nitrogens is 1. The molecule has 0 radical (unpaired) electrons. The predicted molar refractivity (Wildman–Crippen MR) is 56.8 cm³/mol. The molecule has 0 fully saturated rings. The Kier molecular flexibility index (Phi) is 2.37. The standard InChI is InChI=1S/C12H11NO2/c1-8-3-5-10(6-4-8)12-9(2)13-11(7-14)15-12/h3-7H,1-2H3. The third kappa shape index (κ3) is 1.81. The second kappa shape index (κ2) is 3.69. The molecule has 0 saturated heterocycles. The molecule has 3 nitrogen and oxygen atoms in total. The third-order valence-electron chi connectivity index (χ3n) is 2.23. The molecule has 0 atom stereocenters. The number of carbonyl (C=O) groups is 1. The van der Waals surface area contributed by atoms with Crippen molar-refractivity contribution in [3.8, 4) is 11.3 Å². The Bertz CT molecular complexity index is 483. The van der Waals surface area contributed by atoms with Crippen molar-refractivity contribution in [1.29, 1.82) is 0 Å². The Morgan fingerprint density at radius 3 is 2.40 bits per heavy atom. The summed E-state index contributed by atoms with van der Waals surface area (Å²) in [5.74, 6) is 0.792. The van der Waals surface area contributed by atoms with E-state index in [0.29, 0.717) is 12.0 Å². The van der Waals surface area contributed by atoms with Crippen LogP contribution in [-0.2, 0) is 0 Å². The number of aldehydes is 1. The van der Waals surface area contributed by atoms with Crippen molar-refractivity contribution in [3.05, 3.63) is 41.4 Å². The van der Waals surface area contributed by atoms with Crippen LogP contribution in [0.1, 0.15) is 21.9 Å². The van der Waals surface area contributed by atoms with Gasteiger partial charge >= 0.3 is 0 Å². The Hall–Kier alpha value is -1.90. The highest BCUT2D eigenvalue weighted by Gasteiger charge is 2.10. The molecule has 1 heterocycles. The minimum Gasteiger partial charge on any atom is -0.434 e. The van der Waals surface area contributed by atoms with Crippen LogP contribution in [0.2, 0.25) is 0 Å². The molecule has 0 spiro atoms. The van der Waals surface area contributed by atoms with Crippen molar-refractivity contribution in [3.63, 3.8) is 0 Å². The molecule has 0 aliphatic heterocycles. The van der Waals surface area contributed by atoms with Gasteiger partial charge in [-0.25, -0.2) is 4.98 Å². The normalized spacial score (nSPS) is 10.3. The number of aryl methyl sites for hydroxylation is 2. The van der Waals surface area contributed by atoms with Gasteiger partial charge in [0.15, 0.2) is 5.76 Å². The molecule has 0 bridgehead atoms. The van der Waals surface area contributed by atoms with Crippen molar-refractivity contribution in [2.75, 3.05) is 0 Å². The number of carbonyl (C=O) groups excluding carboxylic acids is 1. The molecule has 0 aliphatic carbocycles. The number of hydrogen-bond acceptors (Lipinski definition) is 3. The summed E-state index contributed by atoms with van der Waals surface area (Å²) in [7, 11) is 0. The van der Waals surface area contributed by atoms with Gasteiger partial charge in [-0.1, -0.05) is 29.8 Å². The molecule has 2 aromatic rings. The molecule has 2 rings (SSSR count). The summed E-state index contributed by atoms with van der Waals surface area (Å²) < 4.78 is 5.31. The molecule has 3 heteroatoms. The zero-order valence-corrected chi connectivity index (χ0v) is 8.65. The number of nitrogens with zero attached hydrogens (tertiary/aromatic N) is 1. The second-order valence-corrected chi connectivity index (χ2v) is 3.45. The fourth-order valence-electron chi connectivity index (χ4n) is 1.44. The smallest absolute Gasteiger partial charge is 0.260 e. The molecular formula is C12H11NO2. The molecular weight excluding hydrogens is 190 g/mol. The Morgan fingerprint density at radius 2 is 1.87 bits per heavy atom. The van der Waals surface area contributed by atoms with Crippen LogP contribution < -0.4 is 0 Å². The number of hydrogen-bond donors (Lipinski definition) is 0. The van der Waals surface area contributed by atoms with Crippen LogP contribution in [0.4, 0.5) is 0 Å². The number of benzene rings is 1. The van der Waals surface area contributed by atoms with E-state index in [1.54, 1.807) is 0 Å². The first kappa shape index (κ1) is 9.65. The first-order valence-electron chi connectivity index (χ1n) is 4.70. The minimum atomic E-state index is 0.128. The minimum absolute atomic E-state index is 0.128. The second-order valence-electron chi connectivity index (χ2n) is 3.45. The van der Waals surface area contributed by atoms with Gasteiger partial charge < -0.3 is 4.42 Å². The quantitative estimate of drug-likeness (QED) is 0.701. The van der Waals surface area contributed by atoms with Crippen LogP contribution in [0, 0.1) is 13.8 Å². The lowest BCUT2D eigenvalue weighted by Gasteiger charge is -1.97. The molecule has 0 unspecified atom stereocenters. The van der Waals surface area contributed by atoms with Crippen LogP contribution in [0.15, 0.2) is 28.7 Å². The van der Waals surface area contributed by atoms with Gasteiger partial charge in [-0.2, -0.15) is 0 Å². The fourth-order valence-corrected chi connectivity index (χ4v) is 1.44. The molecule has 15 heavy (non-hydrogen) atoms. The first-order valence-corrected chi connectivity index (χ1v) is 4.70. The number of oxazole rings is 1. The summed E-state index contributed by atoms with van der Waals surface area (Å²) >= 11 is 0. The van der Waals surface area contributed by atoms with Gasteiger partial charge in [-0.3, -0.25) is 4.79 Å². The Labute approximate surface area is 87.8 Å². The maximum Gasteiger partial charge on any atom is 0.260 e. The lowest BCUT2D eigenvalue weighted by atomic mass is 10.1. The maximum atomic E-state index is 10.5. The third-order valence-corrected chi connectivity index (χ3v) is 2.23. The predicted octanol–water partition coefficient (Wildman–Crippen LogP) is 2.77. The summed E-state index contributed by atoms with van der Waals surface area (Å²) in [5.41, 5.74) is 2.87. The van der Waals surface area contributed by atoms with Crippen molar-refractivity contribution in [2.24, 2.45) is 0 Å². The van der Waals surface area contributed by atoms with Gasteiger partial charge in [0, 0.05) is 5.56 Å². The molecule has 76 valence electrons. The van der Waals surface area contributed by atoms with Gasteiger partial charge in [0.1, 0.15) is 0 Å². The van der Waals surface area contributed by atoms with Crippen LogP contribution in [0.3, 0.4) is 0 Å². The summed E-state index contributed by atoms with van der Waals surface area (Å²) in [6, 6.07) is 7.91. The molecule has 0 N–H and O–H groups in total. The largest absolute Gasteiger partial charge is 0.434 e. The van der Waals surface area contributed by atoms with Gasteiger partial charge in [-0.15, -0.1) is 0 Å². The van der Waals surface area contributed by atoms with E-state index in [1.807, 2.05) is 38.1 Å². The van der Waals surface area contributed by atoms with Crippen LogP contribution in [-0.4, -0.2) is 11.3 Å². The van der Waals surface area contributed by atoms with Crippen molar-refractivity contribution in [2.45, 2.75) is 13.8 Å². The van der Waals surface area contributed by atoms with Gasteiger partial charge in [0.2, 0.25) is 6.29 Å². The lowest BCUT2D eigenvalue weighted by molar-refractivity contribution is 0.109. The van der Waals surface area contributed by atoms with E-state index in [0.717, 1.165) is 11.3 Å². The van der Waals surface area contributed by atoms with E-state index < -0.39 is 0 Å². The summed E-state index contributed by atoms with van der Waals surface area (Å²) in [6.07, 6.45) is 0.616. The van der Waals surface area contributed by atoms with Crippen LogP contribution >= 0.6 is 0 Å². The summed E-state index contributed by atoms with van der Waals surface area (Å²) in [4.78, 5) is 14.5. The monoisotopic (exact) mass is 201 g/mol. The van der Waals surface area contributed by atoms with Gasteiger partial charge in [-0.05, 0) is 13.8 Å². The Morgan fingerprint density at radius 1 is 1.20 bits per heavy atom. The van der Waals surface area contributed by atoms with E-state index in [1.165, 1.54) is 5.56 Å². The SMILES string of the molecule is Cc1ccc(-c2oc(C=O)nc2C)cc1.